The molecule has 0 radical (unpaired) electrons. The number of nitrogens with zero attached hydrogens (tertiary/aromatic N) is 1. The van der Waals surface area contributed by atoms with Crippen LogP contribution in [0.25, 0.3) is 0 Å². The van der Waals surface area contributed by atoms with Crippen LogP contribution in [0.5, 0.6) is 0 Å². The Bertz CT molecular complexity index is 584. The summed E-state index contributed by atoms with van der Waals surface area (Å²) in [4.78, 5) is 35.0. The molecule has 0 bridgehead atoms. The van der Waals surface area contributed by atoms with E-state index in [0.29, 0.717) is 0 Å². The van der Waals surface area contributed by atoms with E-state index in [-0.39, 0.29) is 19.7 Å². The summed E-state index contributed by atoms with van der Waals surface area (Å²) >= 11 is 0. The highest BCUT2D eigenvalue weighted by molar-refractivity contribution is 5.81. The van der Waals surface area contributed by atoms with E-state index >= 15 is 0 Å². The first-order chi connectivity index (χ1) is 11.7. The molecular weight excluding hydrogens is 326 g/mol. The van der Waals surface area contributed by atoms with Gasteiger partial charge in [0.25, 0.3) is 5.91 Å². The summed E-state index contributed by atoms with van der Waals surface area (Å²) < 4.78 is 10.1. The molecule has 0 saturated heterocycles. The van der Waals surface area contributed by atoms with E-state index < -0.39 is 23.6 Å². The predicted molar refractivity (Wildman–Crippen MR) is 91.2 cm³/mol. The topological polar surface area (TPSA) is 97.0 Å². The zero-order chi connectivity index (χ0) is 18.9. The van der Waals surface area contributed by atoms with Gasteiger partial charge in [-0.05, 0) is 26.3 Å². The summed E-state index contributed by atoms with van der Waals surface area (Å²) in [6.45, 7) is 5.15. The number of hydrazine groups is 1. The number of amides is 2. The Morgan fingerprint density at radius 1 is 1.08 bits per heavy atom. The average Bonchev–Trinajstić information content (AvgIpc) is 2.52. The highest BCUT2D eigenvalue weighted by Gasteiger charge is 2.17. The van der Waals surface area contributed by atoms with E-state index in [1.54, 1.807) is 20.8 Å². The molecule has 1 aromatic rings. The van der Waals surface area contributed by atoms with Crippen molar-refractivity contribution in [1.82, 2.24) is 15.8 Å². The van der Waals surface area contributed by atoms with E-state index in [1.165, 1.54) is 7.05 Å². The summed E-state index contributed by atoms with van der Waals surface area (Å²) in [6.07, 6.45) is -0.744. The number of ether oxygens (including phenoxy) is 2. The summed E-state index contributed by atoms with van der Waals surface area (Å²) in [5.74, 6) is -0.890. The molecule has 0 aliphatic heterocycles. The normalized spacial score (nSPS) is 10.7. The number of esters is 1. The van der Waals surface area contributed by atoms with Crippen LogP contribution in [0.4, 0.5) is 4.79 Å². The molecule has 2 N–H and O–H groups in total. The third kappa shape index (κ3) is 9.31. The molecule has 0 aliphatic rings. The fourth-order valence-corrected chi connectivity index (χ4v) is 1.72. The van der Waals surface area contributed by atoms with Crippen LogP contribution in [-0.2, 0) is 25.7 Å². The van der Waals surface area contributed by atoms with E-state index in [0.717, 1.165) is 10.6 Å². The molecule has 0 fully saturated rings. The molecule has 25 heavy (non-hydrogen) atoms. The first-order valence-corrected chi connectivity index (χ1v) is 7.84. The zero-order valence-electron chi connectivity index (χ0n) is 15.0. The van der Waals surface area contributed by atoms with Crippen molar-refractivity contribution in [3.05, 3.63) is 35.9 Å². The summed E-state index contributed by atoms with van der Waals surface area (Å²) in [5.41, 5.74) is 2.55. The van der Waals surface area contributed by atoms with Gasteiger partial charge in [0, 0.05) is 7.05 Å². The van der Waals surface area contributed by atoms with Gasteiger partial charge in [0.1, 0.15) is 12.2 Å². The lowest BCUT2D eigenvalue weighted by Crippen LogP contribution is -2.47. The molecule has 2 amide bonds. The molecule has 8 heteroatoms. The van der Waals surface area contributed by atoms with Gasteiger partial charge >= 0.3 is 12.1 Å². The minimum atomic E-state index is -0.744. The van der Waals surface area contributed by atoms with Gasteiger partial charge in [0.15, 0.2) is 0 Å². The molecule has 0 spiro atoms. The third-order valence-corrected chi connectivity index (χ3v) is 2.81. The summed E-state index contributed by atoms with van der Waals surface area (Å²) in [6, 6.07) is 9.18. The summed E-state index contributed by atoms with van der Waals surface area (Å²) in [7, 11) is 1.39. The van der Waals surface area contributed by atoms with Gasteiger partial charge in [-0.15, -0.1) is 0 Å². The van der Waals surface area contributed by atoms with Crippen LogP contribution in [0, 0.1) is 0 Å². The lowest BCUT2D eigenvalue weighted by Gasteiger charge is -2.20. The predicted octanol–water partition coefficient (Wildman–Crippen LogP) is 1.22. The van der Waals surface area contributed by atoms with Gasteiger partial charge < -0.3 is 9.47 Å². The molecule has 0 aromatic heterocycles. The minimum absolute atomic E-state index is 0.102. The Kier molecular flexibility index (Phi) is 7.87. The quantitative estimate of drug-likeness (QED) is 0.591. The number of nitrogens with one attached hydrogen (secondary N) is 2. The van der Waals surface area contributed by atoms with Crippen LogP contribution < -0.4 is 10.7 Å². The van der Waals surface area contributed by atoms with Crippen LogP contribution in [0.3, 0.4) is 0 Å². The van der Waals surface area contributed by atoms with Gasteiger partial charge in [-0.1, -0.05) is 30.3 Å². The SMILES string of the molecule is CN(NC(=O)OCc1ccccc1)C(=O)CNCC(=O)OC(C)(C)C. The number of hydrogen-bond acceptors (Lipinski definition) is 6. The maximum absolute atomic E-state index is 11.9. The maximum Gasteiger partial charge on any atom is 0.426 e. The van der Waals surface area contributed by atoms with Crippen molar-refractivity contribution in [2.75, 3.05) is 20.1 Å². The standard InChI is InChI=1S/C17H25N3O5/c1-17(2,3)25-15(22)11-18-10-14(21)20(4)19-16(23)24-12-13-8-6-5-7-9-13/h5-9,18H,10-12H2,1-4H3,(H,19,23). The highest BCUT2D eigenvalue weighted by Crippen LogP contribution is 2.06. The Morgan fingerprint density at radius 3 is 2.32 bits per heavy atom. The second-order valence-corrected chi connectivity index (χ2v) is 6.32. The van der Waals surface area contributed by atoms with Crippen molar-refractivity contribution < 1.29 is 23.9 Å². The van der Waals surface area contributed by atoms with Gasteiger partial charge in [-0.2, -0.15) is 0 Å². The van der Waals surface area contributed by atoms with E-state index in [2.05, 4.69) is 10.7 Å². The first-order valence-electron chi connectivity index (χ1n) is 7.84. The Labute approximate surface area is 147 Å². The van der Waals surface area contributed by atoms with Crippen molar-refractivity contribution in [2.24, 2.45) is 0 Å². The number of carbonyl (C=O) groups is 3. The second-order valence-electron chi connectivity index (χ2n) is 6.32. The number of carbonyl (C=O) groups excluding carboxylic acids is 3. The smallest absolute Gasteiger partial charge is 0.426 e. The molecule has 138 valence electrons. The molecule has 0 saturated carbocycles. The lowest BCUT2D eigenvalue weighted by molar-refractivity contribution is -0.153. The van der Waals surface area contributed by atoms with Gasteiger partial charge in [0.05, 0.1) is 13.1 Å². The number of likely N-dealkylation sites (N-methyl/N-ethyl adjacent to an activating group) is 1. The molecule has 0 unspecified atom stereocenters. The highest BCUT2D eigenvalue weighted by atomic mass is 16.6. The minimum Gasteiger partial charge on any atom is -0.459 e. The van der Waals surface area contributed by atoms with E-state index in [9.17, 15) is 14.4 Å². The van der Waals surface area contributed by atoms with E-state index in [1.807, 2.05) is 30.3 Å². The van der Waals surface area contributed by atoms with Crippen molar-refractivity contribution in [3.8, 4) is 0 Å². The Hall–Kier alpha value is -2.61. The molecule has 0 aliphatic carbocycles. The van der Waals surface area contributed by atoms with Crippen LogP contribution >= 0.6 is 0 Å². The monoisotopic (exact) mass is 351 g/mol. The van der Waals surface area contributed by atoms with Crippen molar-refractivity contribution >= 4 is 18.0 Å². The van der Waals surface area contributed by atoms with Crippen LogP contribution in [0.15, 0.2) is 30.3 Å². The fraction of sp³-hybridized carbons (Fsp3) is 0.471. The van der Waals surface area contributed by atoms with E-state index in [4.69, 9.17) is 9.47 Å². The zero-order valence-corrected chi connectivity index (χ0v) is 15.0. The Morgan fingerprint density at radius 2 is 1.72 bits per heavy atom. The number of rotatable bonds is 6. The number of benzene rings is 1. The largest absolute Gasteiger partial charge is 0.459 e. The van der Waals surface area contributed by atoms with Gasteiger partial charge in [0.2, 0.25) is 0 Å². The van der Waals surface area contributed by atoms with Crippen LogP contribution in [0.2, 0.25) is 0 Å². The first kappa shape index (κ1) is 20.4. The van der Waals surface area contributed by atoms with Crippen LogP contribution in [-0.4, -0.2) is 48.7 Å². The lowest BCUT2D eigenvalue weighted by atomic mass is 10.2. The maximum atomic E-state index is 11.9. The van der Waals surface area contributed by atoms with Gasteiger partial charge in [-0.25, -0.2) is 10.2 Å². The number of hydrogen-bond donors (Lipinski definition) is 2. The fourth-order valence-electron chi connectivity index (χ4n) is 1.72. The average molecular weight is 351 g/mol. The Balaban J connectivity index is 2.24. The third-order valence-electron chi connectivity index (χ3n) is 2.81. The van der Waals surface area contributed by atoms with Gasteiger partial charge in [-0.3, -0.25) is 19.9 Å². The molecule has 0 heterocycles. The molecule has 1 rings (SSSR count). The second kappa shape index (κ2) is 9.63. The van der Waals surface area contributed by atoms with Crippen LogP contribution in [0.1, 0.15) is 26.3 Å². The molecule has 0 atom stereocenters. The molecule has 1 aromatic carbocycles. The van der Waals surface area contributed by atoms with Crippen molar-refractivity contribution in [3.63, 3.8) is 0 Å². The molecular formula is C17H25N3O5. The summed E-state index contributed by atoms with van der Waals surface area (Å²) in [5, 5.41) is 3.66. The van der Waals surface area contributed by atoms with Crippen molar-refractivity contribution in [1.29, 1.82) is 0 Å². The van der Waals surface area contributed by atoms with Crippen molar-refractivity contribution in [2.45, 2.75) is 33.0 Å². The molecule has 8 nitrogen and oxygen atoms in total.